The Kier molecular flexibility index (Phi) is 3.82. The fourth-order valence-corrected chi connectivity index (χ4v) is 3.80. The van der Waals surface area contributed by atoms with Crippen LogP contribution in [-0.4, -0.2) is 26.5 Å². The van der Waals surface area contributed by atoms with Crippen molar-refractivity contribution in [2.24, 2.45) is 0 Å². The van der Waals surface area contributed by atoms with Crippen molar-refractivity contribution < 1.29 is 18.3 Å². The fraction of sp³-hybridized carbons (Fsp3) is 0.111. The van der Waals surface area contributed by atoms with Crippen molar-refractivity contribution in [3.05, 3.63) is 71.4 Å². The van der Waals surface area contributed by atoms with Gasteiger partial charge in [-0.3, -0.25) is 0 Å². The zero-order valence-corrected chi connectivity index (χ0v) is 14.0. The summed E-state index contributed by atoms with van der Waals surface area (Å²) in [4.78, 5) is 2.77. The number of fused-ring (bicyclic) bond motifs is 1. The predicted octanol–water partition coefficient (Wildman–Crippen LogP) is 4.48. The van der Waals surface area contributed by atoms with Crippen LogP contribution in [0, 0.1) is 0 Å². The first-order valence-corrected chi connectivity index (χ1v) is 8.48. The van der Waals surface area contributed by atoms with Crippen molar-refractivity contribution in [1.29, 1.82) is 0 Å². The van der Waals surface area contributed by atoms with Crippen LogP contribution in [0.1, 0.15) is 10.6 Å². The van der Waals surface area contributed by atoms with Gasteiger partial charge in [-0.15, -0.1) is 10.2 Å². The number of aliphatic hydroxyl groups is 1. The molecule has 4 rings (SSSR count). The minimum absolute atomic E-state index is 0.281. The Bertz CT molecular complexity index is 1060. The van der Waals surface area contributed by atoms with Crippen molar-refractivity contribution in [2.75, 3.05) is 0 Å². The maximum absolute atomic E-state index is 14.0. The van der Waals surface area contributed by atoms with E-state index in [2.05, 4.69) is 15.2 Å². The molecule has 1 unspecified atom stereocenters. The molecule has 132 valence electrons. The third-order valence-electron chi connectivity index (χ3n) is 4.14. The first kappa shape index (κ1) is 16.7. The summed E-state index contributed by atoms with van der Waals surface area (Å²) in [6.07, 6.45) is -3.80. The molecule has 0 aliphatic heterocycles. The molecule has 0 fully saturated rings. The molecule has 2 N–H and O–H groups in total. The van der Waals surface area contributed by atoms with Crippen LogP contribution in [0.5, 0.6) is 0 Å². The molecule has 2 aromatic carbocycles. The van der Waals surface area contributed by atoms with Crippen molar-refractivity contribution in [1.82, 2.24) is 15.2 Å². The van der Waals surface area contributed by atoms with Crippen LogP contribution in [0.15, 0.2) is 60.8 Å². The molecule has 0 amide bonds. The third-order valence-corrected chi connectivity index (χ3v) is 5.23. The van der Waals surface area contributed by atoms with Crippen LogP contribution in [0.3, 0.4) is 0 Å². The second kappa shape index (κ2) is 5.93. The summed E-state index contributed by atoms with van der Waals surface area (Å²) in [6.45, 7) is 0. The van der Waals surface area contributed by atoms with Gasteiger partial charge in [-0.2, -0.15) is 13.2 Å². The Morgan fingerprint density at radius 3 is 2.35 bits per heavy atom. The molecule has 0 bridgehead atoms. The van der Waals surface area contributed by atoms with Crippen LogP contribution in [0.2, 0.25) is 0 Å². The lowest BCUT2D eigenvalue weighted by molar-refractivity contribution is -0.248. The van der Waals surface area contributed by atoms with Crippen molar-refractivity contribution in [2.45, 2.75) is 11.8 Å². The SMILES string of the molecule is OC(c1nnc(-c2ccccc2)s1)(c1c[nH]c2ccccc12)C(F)(F)F. The summed E-state index contributed by atoms with van der Waals surface area (Å²) in [7, 11) is 0. The van der Waals surface area contributed by atoms with E-state index in [4.69, 9.17) is 0 Å². The molecule has 4 aromatic rings. The van der Waals surface area contributed by atoms with E-state index in [1.54, 1.807) is 48.5 Å². The van der Waals surface area contributed by atoms with Gasteiger partial charge in [-0.1, -0.05) is 59.9 Å². The number of nitrogens with one attached hydrogen (secondary N) is 1. The van der Waals surface area contributed by atoms with E-state index >= 15 is 0 Å². The highest BCUT2D eigenvalue weighted by atomic mass is 32.1. The number of hydrogen-bond donors (Lipinski definition) is 2. The highest BCUT2D eigenvalue weighted by Gasteiger charge is 2.59. The summed E-state index contributed by atoms with van der Waals surface area (Å²) in [6, 6.07) is 15.2. The number of nitrogens with zero attached hydrogens (tertiary/aromatic N) is 2. The number of alkyl halides is 3. The molecule has 0 radical (unpaired) electrons. The lowest BCUT2D eigenvalue weighted by Gasteiger charge is -2.27. The number of para-hydroxylation sites is 1. The van der Waals surface area contributed by atoms with Gasteiger partial charge in [-0.25, -0.2) is 0 Å². The van der Waals surface area contributed by atoms with Crippen molar-refractivity contribution in [3.63, 3.8) is 0 Å². The van der Waals surface area contributed by atoms with Crippen LogP contribution in [0.25, 0.3) is 21.5 Å². The van der Waals surface area contributed by atoms with E-state index in [0.717, 1.165) is 11.3 Å². The van der Waals surface area contributed by atoms with Gasteiger partial charge in [0.2, 0.25) is 5.60 Å². The predicted molar refractivity (Wildman–Crippen MR) is 92.7 cm³/mol. The number of hydrogen-bond acceptors (Lipinski definition) is 4. The molecule has 1 atom stereocenters. The zero-order chi connectivity index (χ0) is 18.4. The van der Waals surface area contributed by atoms with Gasteiger partial charge in [-0.05, 0) is 6.07 Å². The second-order valence-corrected chi connectivity index (χ2v) is 6.71. The Balaban J connectivity index is 1.90. The Hall–Kier alpha value is -2.71. The highest BCUT2D eigenvalue weighted by molar-refractivity contribution is 7.14. The first-order chi connectivity index (χ1) is 12.4. The molecule has 2 heterocycles. The number of halogens is 3. The maximum Gasteiger partial charge on any atom is 0.428 e. The van der Waals surface area contributed by atoms with E-state index in [-0.39, 0.29) is 10.9 Å². The second-order valence-electron chi connectivity index (χ2n) is 5.73. The fourth-order valence-electron chi connectivity index (χ4n) is 2.83. The largest absolute Gasteiger partial charge is 0.428 e. The van der Waals surface area contributed by atoms with Gasteiger partial charge >= 0.3 is 6.18 Å². The van der Waals surface area contributed by atoms with E-state index in [9.17, 15) is 18.3 Å². The lowest BCUT2D eigenvalue weighted by atomic mass is 9.93. The molecule has 0 saturated carbocycles. The quantitative estimate of drug-likeness (QED) is 0.555. The van der Waals surface area contributed by atoms with Crippen molar-refractivity contribution >= 4 is 22.2 Å². The van der Waals surface area contributed by atoms with Crippen LogP contribution in [-0.2, 0) is 5.60 Å². The minimum Gasteiger partial charge on any atom is -0.370 e. The third kappa shape index (κ3) is 2.49. The van der Waals surface area contributed by atoms with Gasteiger partial charge in [0, 0.05) is 28.2 Å². The van der Waals surface area contributed by atoms with E-state index in [1.807, 2.05) is 0 Å². The number of benzene rings is 2. The molecular weight excluding hydrogens is 363 g/mol. The van der Waals surface area contributed by atoms with Crippen LogP contribution in [0.4, 0.5) is 13.2 Å². The molecule has 0 spiro atoms. The number of aromatic nitrogens is 3. The first-order valence-electron chi connectivity index (χ1n) is 7.66. The van der Waals surface area contributed by atoms with Gasteiger partial charge in [0.05, 0.1) is 0 Å². The Morgan fingerprint density at radius 1 is 0.923 bits per heavy atom. The highest BCUT2D eigenvalue weighted by Crippen LogP contribution is 2.47. The standard InChI is InChI=1S/C18H12F3N3OS/c19-18(20,21)17(25,13-10-22-14-9-5-4-8-12(13)14)16-24-23-15(26-16)11-6-2-1-3-7-11/h1-10,22,25H. The van der Waals surface area contributed by atoms with E-state index < -0.39 is 16.8 Å². The van der Waals surface area contributed by atoms with E-state index in [0.29, 0.717) is 16.1 Å². The number of H-pyrrole nitrogens is 1. The van der Waals surface area contributed by atoms with Gasteiger partial charge < -0.3 is 10.1 Å². The lowest BCUT2D eigenvalue weighted by Crippen LogP contribution is -2.43. The average molecular weight is 375 g/mol. The van der Waals surface area contributed by atoms with Gasteiger partial charge in [0.15, 0.2) is 5.01 Å². The molecular formula is C18H12F3N3OS. The molecule has 8 heteroatoms. The maximum atomic E-state index is 14.0. The summed E-state index contributed by atoms with van der Waals surface area (Å²) in [5.74, 6) is 0. The molecule has 4 nitrogen and oxygen atoms in total. The average Bonchev–Trinajstić information content (AvgIpc) is 3.29. The normalized spacial score (nSPS) is 14.5. The number of rotatable bonds is 3. The number of aromatic amines is 1. The summed E-state index contributed by atoms with van der Waals surface area (Å²) in [5, 5.41) is 18.4. The molecule has 0 aliphatic carbocycles. The molecule has 2 aromatic heterocycles. The Labute approximate surface area is 150 Å². The summed E-state index contributed by atoms with van der Waals surface area (Å²) >= 11 is 0.720. The van der Waals surface area contributed by atoms with Crippen LogP contribution >= 0.6 is 11.3 Å². The molecule has 26 heavy (non-hydrogen) atoms. The van der Waals surface area contributed by atoms with Gasteiger partial charge in [0.25, 0.3) is 0 Å². The van der Waals surface area contributed by atoms with Crippen molar-refractivity contribution in [3.8, 4) is 10.6 Å². The van der Waals surface area contributed by atoms with Gasteiger partial charge in [0.1, 0.15) is 5.01 Å². The monoisotopic (exact) mass is 375 g/mol. The topological polar surface area (TPSA) is 61.8 Å². The summed E-state index contributed by atoms with van der Waals surface area (Å²) < 4.78 is 41.9. The smallest absolute Gasteiger partial charge is 0.370 e. The zero-order valence-electron chi connectivity index (χ0n) is 13.2. The molecule has 0 aliphatic rings. The van der Waals surface area contributed by atoms with Crippen LogP contribution < -0.4 is 0 Å². The Morgan fingerprint density at radius 2 is 1.62 bits per heavy atom. The minimum atomic E-state index is -4.97. The summed E-state index contributed by atoms with van der Waals surface area (Å²) in [5.41, 5.74) is -2.41. The molecule has 0 saturated heterocycles. The van der Waals surface area contributed by atoms with E-state index in [1.165, 1.54) is 12.3 Å².